The van der Waals surface area contributed by atoms with Crippen molar-refractivity contribution < 1.29 is 28.6 Å². The maximum atomic E-state index is 5.80. The Morgan fingerprint density at radius 2 is 1.61 bits per heavy atom. The molecule has 5 heteroatoms. The van der Waals surface area contributed by atoms with Crippen molar-refractivity contribution >= 4 is 17.1 Å². The molecule has 41 heavy (non-hydrogen) atoms. The number of nitrogens with one attached hydrogen (secondary N) is 1. The van der Waals surface area contributed by atoms with E-state index in [0.717, 1.165) is 45.2 Å². The average Bonchev–Trinajstić information content (AvgIpc) is 3.27. The lowest BCUT2D eigenvalue weighted by Crippen LogP contribution is -3.00. The van der Waals surface area contributed by atoms with E-state index in [1.54, 1.807) is 0 Å². The van der Waals surface area contributed by atoms with E-state index in [0.29, 0.717) is 0 Å². The number of benzene rings is 2. The monoisotopic (exact) mass is 662 g/mol. The number of para-hydroxylation sites is 2. The number of rotatable bonds is 8. The lowest BCUT2D eigenvalue weighted by Gasteiger charge is -2.25. The van der Waals surface area contributed by atoms with Crippen LogP contribution in [0.3, 0.4) is 0 Å². The topological polar surface area (TPSA) is 44.3 Å². The van der Waals surface area contributed by atoms with Gasteiger partial charge in [0, 0.05) is 53.8 Å². The largest absolute Gasteiger partial charge is 1.00 e. The van der Waals surface area contributed by atoms with Crippen LogP contribution in [-0.4, -0.2) is 37.5 Å². The summed E-state index contributed by atoms with van der Waals surface area (Å²) in [4.78, 5) is 2.36. The standard InChI is InChI=1S/C36H46N4.HI/c1-35(2)28-16-7-9-18-30(28)39(5)32(35)22-20-26-14-13-15-27(34(26)38-25-12-11-24-37)21-23-33-36(3,4)29-17-8-10-19-31(29)40(33)6;/h7-10,16-23H,11-15,24-25,37H2,1-6H3;1H. The van der Waals surface area contributed by atoms with Gasteiger partial charge in [0.15, 0.2) is 5.71 Å². The molecule has 0 saturated heterocycles. The van der Waals surface area contributed by atoms with Crippen LogP contribution in [0, 0.1) is 0 Å². The first-order chi connectivity index (χ1) is 19.2. The highest BCUT2D eigenvalue weighted by atomic mass is 127. The fourth-order valence-corrected chi connectivity index (χ4v) is 6.93. The van der Waals surface area contributed by atoms with Gasteiger partial charge in [-0.2, -0.15) is 4.58 Å². The Morgan fingerprint density at radius 3 is 2.32 bits per heavy atom. The molecule has 0 fully saturated rings. The van der Waals surface area contributed by atoms with E-state index in [2.05, 4.69) is 129 Å². The fraction of sp³-hybridized carbons (Fsp3) is 0.417. The summed E-state index contributed by atoms with van der Waals surface area (Å²) < 4.78 is 2.36. The summed E-state index contributed by atoms with van der Waals surface area (Å²) in [7, 11) is 4.40. The molecular formula is C36H47IN4. The van der Waals surface area contributed by atoms with Crippen LogP contribution in [0.4, 0.5) is 11.4 Å². The van der Waals surface area contributed by atoms with Gasteiger partial charge < -0.3 is 39.9 Å². The zero-order chi connectivity index (χ0) is 28.5. The third-order valence-electron chi connectivity index (χ3n) is 9.23. The van der Waals surface area contributed by atoms with Gasteiger partial charge in [-0.1, -0.05) is 62.4 Å². The summed E-state index contributed by atoms with van der Waals surface area (Å²) >= 11 is 0. The van der Waals surface area contributed by atoms with Crippen molar-refractivity contribution in [2.24, 2.45) is 5.73 Å². The number of allylic oxidation sites excluding steroid dienone is 7. The summed E-state index contributed by atoms with van der Waals surface area (Å²) in [5.74, 6) is 0. The fourth-order valence-electron chi connectivity index (χ4n) is 6.93. The van der Waals surface area contributed by atoms with Gasteiger partial charge in [-0.15, -0.1) is 0 Å². The quantitative estimate of drug-likeness (QED) is 0.253. The molecule has 0 aromatic heterocycles. The van der Waals surface area contributed by atoms with Crippen LogP contribution in [-0.2, 0) is 10.8 Å². The predicted molar refractivity (Wildman–Crippen MR) is 171 cm³/mol. The van der Waals surface area contributed by atoms with E-state index < -0.39 is 0 Å². The molecule has 2 aromatic carbocycles. The minimum atomic E-state index is -0.0253. The second-order valence-electron chi connectivity index (χ2n) is 12.5. The number of nitrogens with two attached hydrogens (primary N) is 1. The zero-order valence-electron chi connectivity index (χ0n) is 25.7. The highest BCUT2D eigenvalue weighted by Crippen LogP contribution is 2.47. The van der Waals surface area contributed by atoms with Gasteiger partial charge in [0.1, 0.15) is 7.05 Å². The van der Waals surface area contributed by atoms with Crippen molar-refractivity contribution in [1.82, 2.24) is 5.32 Å². The van der Waals surface area contributed by atoms with E-state index >= 15 is 0 Å². The van der Waals surface area contributed by atoms with Gasteiger partial charge >= 0.3 is 0 Å². The lowest BCUT2D eigenvalue weighted by molar-refractivity contribution is -0.401. The molecule has 0 spiro atoms. The number of unbranched alkanes of at least 4 members (excludes halogenated alkanes) is 1. The zero-order valence-corrected chi connectivity index (χ0v) is 27.9. The smallest absolute Gasteiger partial charge is 0.209 e. The van der Waals surface area contributed by atoms with E-state index in [-0.39, 0.29) is 34.8 Å². The molecule has 2 aromatic rings. The number of fused-ring (bicyclic) bond motifs is 2. The molecule has 3 aliphatic rings. The Hall–Kier alpha value is -2.64. The van der Waals surface area contributed by atoms with E-state index in [1.165, 1.54) is 50.8 Å². The first-order valence-corrected chi connectivity index (χ1v) is 15.0. The molecule has 0 saturated carbocycles. The van der Waals surface area contributed by atoms with Crippen LogP contribution < -0.4 is 39.9 Å². The molecule has 218 valence electrons. The molecule has 0 amide bonds. The van der Waals surface area contributed by atoms with Crippen molar-refractivity contribution in [3.63, 3.8) is 0 Å². The summed E-state index contributed by atoms with van der Waals surface area (Å²) in [5, 5.41) is 3.84. The van der Waals surface area contributed by atoms with Crippen molar-refractivity contribution in [3.05, 3.63) is 107 Å². The predicted octanol–water partition coefficient (Wildman–Crippen LogP) is 4.26. The van der Waals surface area contributed by atoms with Crippen molar-refractivity contribution in [2.45, 2.75) is 70.6 Å². The first-order valence-electron chi connectivity index (χ1n) is 15.0. The lowest BCUT2D eigenvalue weighted by atomic mass is 9.81. The first kappa shape index (κ1) is 31.3. The third-order valence-corrected chi connectivity index (χ3v) is 9.23. The molecule has 0 radical (unpaired) electrons. The molecule has 0 unspecified atom stereocenters. The van der Waals surface area contributed by atoms with Crippen LogP contribution in [0.25, 0.3) is 0 Å². The third kappa shape index (κ3) is 5.85. The second-order valence-corrected chi connectivity index (χ2v) is 12.5. The van der Waals surface area contributed by atoms with Crippen molar-refractivity contribution in [1.29, 1.82) is 0 Å². The van der Waals surface area contributed by atoms with Gasteiger partial charge in [0.25, 0.3) is 0 Å². The SMILES string of the molecule is CN1C(=CC=C2CCCC(C=CC3=[N+](C)c4ccccc4C3(C)C)=C2NCCCCN)C(C)(C)c2ccccc21.[I-]. The van der Waals surface area contributed by atoms with Gasteiger partial charge in [-0.05, 0) is 81.3 Å². The Kier molecular flexibility index (Phi) is 9.70. The maximum absolute atomic E-state index is 5.80. The van der Waals surface area contributed by atoms with Crippen molar-refractivity contribution in [2.75, 3.05) is 32.1 Å². The molecular weight excluding hydrogens is 615 g/mol. The molecule has 4 nitrogen and oxygen atoms in total. The molecule has 1 aliphatic carbocycles. The van der Waals surface area contributed by atoms with E-state index in [1.807, 2.05) is 0 Å². The molecule has 0 bridgehead atoms. The number of likely N-dealkylation sites (N-methyl/N-ethyl adjacent to an activating group) is 1. The van der Waals surface area contributed by atoms with E-state index in [4.69, 9.17) is 5.73 Å². The van der Waals surface area contributed by atoms with Gasteiger partial charge in [-0.3, -0.25) is 0 Å². The molecule has 2 aliphatic heterocycles. The van der Waals surface area contributed by atoms with Crippen LogP contribution in [0.5, 0.6) is 0 Å². The number of anilines is 1. The summed E-state index contributed by atoms with van der Waals surface area (Å²) in [5.41, 5.74) is 18.0. The summed E-state index contributed by atoms with van der Waals surface area (Å²) in [6, 6.07) is 17.6. The van der Waals surface area contributed by atoms with Gasteiger partial charge in [0.2, 0.25) is 5.69 Å². The van der Waals surface area contributed by atoms with Crippen LogP contribution >= 0.6 is 0 Å². The normalized spacial score (nSPS) is 21.1. The van der Waals surface area contributed by atoms with Gasteiger partial charge in [0.05, 0.1) is 5.41 Å². The second kappa shape index (κ2) is 12.7. The van der Waals surface area contributed by atoms with Crippen LogP contribution in [0.15, 0.2) is 95.4 Å². The highest BCUT2D eigenvalue weighted by Gasteiger charge is 2.42. The number of nitrogens with zero attached hydrogens (tertiary/aromatic N) is 2. The minimum Gasteiger partial charge on any atom is -1.00 e. The van der Waals surface area contributed by atoms with E-state index in [9.17, 15) is 0 Å². The Balaban J connectivity index is 0.00000387. The average molecular weight is 663 g/mol. The number of hydrogen-bond acceptors (Lipinski definition) is 3. The minimum absolute atomic E-state index is 0. The number of halogens is 1. The van der Waals surface area contributed by atoms with Crippen LogP contribution in [0.2, 0.25) is 0 Å². The highest BCUT2D eigenvalue weighted by molar-refractivity contribution is 6.03. The van der Waals surface area contributed by atoms with Gasteiger partial charge in [-0.25, -0.2) is 0 Å². The summed E-state index contributed by atoms with van der Waals surface area (Å²) in [6.45, 7) is 11.0. The Morgan fingerprint density at radius 1 is 0.902 bits per heavy atom. The molecule has 5 rings (SSSR count). The molecule has 2 heterocycles. The molecule has 3 N–H and O–H groups in total. The molecule has 0 atom stereocenters. The van der Waals surface area contributed by atoms with Crippen molar-refractivity contribution in [3.8, 4) is 0 Å². The maximum Gasteiger partial charge on any atom is 0.209 e. The van der Waals surface area contributed by atoms with Crippen LogP contribution in [0.1, 0.15) is 70.9 Å². The Bertz CT molecular complexity index is 1440. The Labute approximate surface area is 264 Å². The number of hydrogen-bond donors (Lipinski definition) is 2. The summed E-state index contributed by atoms with van der Waals surface area (Å²) in [6.07, 6.45) is 15.0.